The summed E-state index contributed by atoms with van der Waals surface area (Å²) in [4.78, 5) is 27.7. The first-order chi connectivity index (χ1) is 13.5. The summed E-state index contributed by atoms with van der Waals surface area (Å²) in [6, 6.07) is 13.8. The van der Waals surface area contributed by atoms with Crippen LogP contribution in [0.5, 0.6) is 0 Å². The van der Waals surface area contributed by atoms with Gasteiger partial charge in [0.2, 0.25) is 5.91 Å². The highest BCUT2D eigenvalue weighted by atomic mass is 16.2. The fourth-order valence-electron chi connectivity index (χ4n) is 4.35. The number of rotatable bonds is 5. The molecule has 2 amide bonds. The van der Waals surface area contributed by atoms with Crippen LogP contribution in [0.15, 0.2) is 42.5 Å². The van der Waals surface area contributed by atoms with Gasteiger partial charge in [0.1, 0.15) is 0 Å². The Morgan fingerprint density at radius 1 is 1.07 bits per heavy atom. The summed E-state index contributed by atoms with van der Waals surface area (Å²) in [6.45, 7) is 3.76. The highest BCUT2D eigenvalue weighted by Gasteiger charge is 2.42. The maximum atomic E-state index is 13.1. The number of carbonyl (C=O) groups excluding carboxylic acids is 2. The van der Waals surface area contributed by atoms with E-state index in [1.54, 1.807) is 0 Å². The van der Waals surface area contributed by atoms with Crippen LogP contribution in [0.1, 0.15) is 43.0 Å². The Hall–Kier alpha value is -2.40. The monoisotopic (exact) mass is 379 g/mol. The summed E-state index contributed by atoms with van der Waals surface area (Å²) >= 11 is 0. The molecule has 3 N–H and O–H groups in total. The topological polar surface area (TPSA) is 75.4 Å². The molecule has 1 saturated carbocycles. The molecule has 5 heteroatoms. The van der Waals surface area contributed by atoms with Crippen molar-refractivity contribution in [1.82, 2.24) is 10.2 Å². The lowest BCUT2D eigenvalue weighted by molar-refractivity contribution is -0.128. The Kier molecular flexibility index (Phi) is 5.11. The Labute approximate surface area is 166 Å². The smallest absolute Gasteiger partial charge is 0.254 e. The SMILES string of the molecule is CC(CN)(NC(=O)C1CCN(C(=O)c2cccc3ccccc23)CC1)C1CC1. The zero-order valence-electron chi connectivity index (χ0n) is 16.5. The molecule has 1 aliphatic heterocycles. The van der Waals surface area contributed by atoms with Crippen LogP contribution in [-0.4, -0.2) is 41.9 Å². The van der Waals surface area contributed by atoms with Crippen molar-refractivity contribution in [3.05, 3.63) is 48.0 Å². The number of fused-ring (bicyclic) bond motifs is 1. The largest absolute Gasteiger partial charge is 0.349 e. The van der Waals surface area contributed by atoms with Gasteiger partial charge in [0.05, 0.1) is 5.54 Å². The van der Waals surface area contributed by atoms with Crippen molar-refractivity contribution >= 4 is 22.6 Å². The number of piperidine rings is 1. The van der Waals surface area contributed by atoms with Crippen molar-refractivity contribution in [1.29, 1.82) is 0 Å². The second kappa shape index (κ2) is 7.55. The van der Waals surface area contributed by atoms with Gasteiger partial charge in [-0.15, -0.1) is 0 Å². The summed E-state index contributed by atoms with van der Waals surface area (Å²) in [6.07, 6.45) is 3.69. The van der Waals surface area contributed by atoms with Gasteiger partial charge in [-0.25, -0.2) is 0 Å². The van der Waals surface area contributed by atoms with E-state index in [1.807, 2.05) is 47.4 Å². The normalized spacial score (nSPS) is 20.0. The quantitative estimate of drug-likeness (QED) is 0.839. The Morgan fingerprint density at radius 3 is 2.43 bits per heavy atom. The number of likely N-dealkylation sites (tertiary alicyclic amines) is 1. The molecule has 2 aromatic carbocycles. The van der Waals surface area contributed by atoms with Gasteiger partial charge in [0.15, 0.2) is 0 Å². The molecular formula is C23H29N3O2. The van der Waals surface area contributed by atoms with Gasteiger partial charge in [-0.1, -0.05) is 36.4 Å². The van der Waals surface area contributed by atoms with E-state index < -0.39 is 0 Å². The lowest BCUT2D eigenvalue weighted by Gasteiger charge is -2.35. The minimum Gasteiger partial charge on any atom is -0.349 e. The van der Waals surface area contributed by atoms with E-state index in [-0.39, 0.29) is 23.3 Å². The first-order valence-electron chi connectivity index (χ1n) is 10.3. The lowest BCUT2D eigenvalue weighted by Crippen LogP contribution is -2.55. The molecule has 0 bridgehead atoms. The summed E-state index contributed by atoms with van der Waals surface area (Å²) < 4.78 is 0. The number of carbonyl (C=O) groups is 2. The van der Waals surface area contributed by atoms with E-state index in [1.165, 1.54) is 0 Å². The molecule has 4 rings (SSSR count). The molecule has 0 aromatic heterocycles. The van der Waals surface area contributed by atoms with E-state index in [2.05, 4.69) is 12.2 Å². The fourth-order valence-corrected chi connectivity index (χ4v) is 4.35. The van der Waals surface area contributed by atoms with Crippen molar-refractivity contribution in [2.24, 2.45) is 17.6 Å². The third kappa shape index (κ3) is 3.63. The summed E-state index contributed by atoms with van der Waals surface area (Å²) in [7, 11) is 0. The van der Waals surface area contributed by atoms with Gasteiger partial charge in [-0.2, -0.15) is 0 Å². The molecule has 0 radical (unpaired) electrons. The first-order valence-corrected chi connectivity index (χ1v) is 10.3. The maximum Gasteiger partial charge on any atom is 0.254 e. The van der Waals surface area contributed by atoms with Gasteiger partial charge < -0.3 is 16.0 Å². The molecule has 1 aliphatic carbocycles. The molecule has 1 heterocycles. The van der Waals surface area contributed by atoms with Crippen LogP contribution in [0, 0.1) is 11.8 Å². The van der Waals surface area contributed by atoms with E-state index >= 15 is 0 Å². The zero-order valence-corrected chi connectivity index (χ0v) is 16.5. The van der Waals surface area contributed by atoms with Crippen molar-refractivity contribution < 1.29 is 9.59 Å². The van der Waals surface area contributed by atoms with Crippen LogP contribution < -0.4 is 11.1 Å². The van der Waals surface area contributed by atoms with E-state index in [4.69, 9.17) is 5.73 Å². The number of nitrogens with zero attached hydrogens (tertiary/aromatic N) is 1. The summed E-state index contributed by atoms with van der Waals surface area (Å²) in [5, 5.41) is 5.26. The van der Waals surface area contributed by atoms with Crippen LogP contribution >= 0.6 is 0 Å². The van der Waals surface area contributed by atoms with Crippen LogP contribution in [0.2, 0.25) is 0 Å². The van der Waals surface area contributed by atoms with E-state index in [9.17, 15) is 9.59 Å². The standard InChI is InChI=1S/C23H29N3O2/c1-23(15-24,18-9-10-18)25-21(27)17-11-13-26(14-12-17)22(28)20-8-4-6-16-5-2-3-7-19(16)20/h2-8,17-18H,9-15,24H2,1H3,(H,25,27). The predicted octanol–water partition coefficient (Wildman–Crippen LogP) is 2.94. The Morgan fingerprint density at radius 2 is 1.75 bits per heavy atom. The number of benzene rings is 2. The summed E-state index contributed by atoms with van der Waals surface area (Å²) in [5.74, 6) is 0.619. The van der Waals surface area contributed by atoms with Crippen molar-refractivity contribution in [3.8, 4) is 0 Å². The van der Waals surface area contributed by atoms with E-state index in [0.29, 0.717) is 38.4 Å². The van der Waals surface area contributed by atoms with Crippen LogP contribution in [-0.2, 0) is 4.79 Å². The molecule has 2 aromatic rings. The van der Waals surface area contributed by atoms with Gasteiger partial charge >= 0.3 is 0 Å². The molecular weight excluding hydrogens is 350 g/mol. The number of hydrogen-bond donors (Lipinski definition) is 2. The molecule has 1 atom stereocenters. The third-order valence-electron chi connectivity index (χ3n) is 6.48. The number of amides is 2. The minimum absolute atomic E-state index is 0.0406. The highest BCUT2D eigenvalue weighted by Crippen LogP contribution is 2.39. The van der Waals surface area contributed by atoms with Crippen molar-refractivity contribution in [2.45, 2.75) is 38.1 Å². The van der Waals surface area contributed by atoms with Crippen LogP contribution in [0.4, 0.5) is 0 Å². The van der Waals surface area contributed by atoms with E-state index in [0.717, 1.165) is 29.2 Å². The average Bonchev–Trinajstić information content (AvgIpc) is 3.59. The molecule has 5 nitrogen and oxygen atoms in total. The third-order valence-corrected chi connectivity index (χ3v) is 6.48. The second-order valence-electron chi connectivity index (χ2n) is 8.48. The molecule has 0 spiro atoms. The maximum absolute atomic E-state index is 13.1. The van der Waals surface area contributed by atoms with Gasteiger partial charge in [-0.3, -0.25) is 9.59 Å². The summed E-state index contributed by atoms with van der Waals surface area (Å²) in [5.41, 5.74) is 6.39. The Bertz CT molecular complexity index is 879. The molecule has 1 unspecified atom stereocenters. The van der Waals surface area contributed by atoms with Crippen molar-refractivity contribution in [2.75, 3.05) is 19.6 Å². The van der Waals surface area contributed by atoms with Crippen LogP contribution in [0.25, 0.3) is 10.8 Å². The molecule has 2 fully saturated rings. The molecule has 148 valence electrons. The molecule has 2 aliphatic rings. The zero-order chi connectivity index (χ0) is 19.7. The lowest BCUT2D eigenvalue weighted by atomic mass is 9.91. The van der Waals surface area contributed by atoms with Gasteiger partial charge in [-0.05, 0) is 55.4 Å². The second-order valence-corrected chi connectivity index (χ2v) is 8.48. The Balaban J connectivity index is 1.39. The molecule has 1 saturated heterocycles. The molecule has 28 heavy (non-hydrogen) atoms. The average molecular weight is 380 g/mol. The highest BCUT2D eigenvalue weighted by molar-refractivity contribution is 6.07. The first kappa shape index (κ1) is 18.9. The number of nitrogens with two attached hydrogens (primary N) is 1. The fraction of sp³-hybridized carbons (Fsp3) is 0.478. The number of hydrogen-bond acceptors (Lipinski definition) is 3. The minimum atomic E-state index is -0.285. The van der Waals surface area contributed by atoms with Gasteiger partial charge in [0, 0.05) is 31.1 Å². The predicted molar refractivity (Wildman–Crippen MR) is 111 cm³/mol. The van der Waals surface area contributed by atoms with Gasteiger partial charge in [0.25, 0.3) is 5.91 Å². The van der Waals surface area contributed by atoms with Crippen molar-refractivity contribution in [3.63, 3.8) is 0 Å². The number of nitrogens with one attached hydrogen (secondary N) is 1. The van der Waals surface area contributed by atoms with Crippen LogP contribution in [0.3, 0.4) is 0 Å².